The Balaban J connectivity index is 2.60. The summed E-state index contributed by atoms with van der Waals surface area (Å²) in [6, 6.07) is 0. The second kappa shape index (κ2) is 8.53. The van der Waals surface area contributed by atoms with Crippen LogP contribution in [0.2, 0.25) is 0 Å². The van der Waals surface area contributed by atoms with E-state index in [4.69, 9.17) is 12.7 Å². The lowest BCUT2D eigenvalue weighted by atomic mass is 10.5. The molecule has 0 aromatic rings. The number of hydrogen-bond donors (Lipinski definition) is 0. The Kier molecular flexibility index (Phi) is 9.03. The first-order valence-electron chi connectivity index (χ1n) is 3.06. The van der Waals surface area contributed by atoms with Gasteiger partial charge in [-0.2, -0.15) is 0 Å². The average molecular weight is 182 g/mol. The van der Waals surface area contributed by atoms with Gasteiger partial charge >= 0.3 is 0 Å². The van der Waals surface area contributed by atoms with Crippen molar-refractivity contribution in [3.63, 3.8) is 0 Å². The summed E-state index contributed by atoms with van der Waals surface area (Å²) in [7, 11) is -0.448. The maximum atomic E-state index is 5.17. The molecule has 3 nitrogen and oxygen atoms in total. The van der Waals surface area contributed by atoms with E-state index in [0.717, 1.165) is 23.5 Å². The van der Waals surface area contributed by atoms with Crippen LogP contribution in [0.25, 0.3) is 0 Å². The van der Waals surface area contributed by atoms with Gasteiger partial charge in [0.25, 0.3) is 20.0 Å². The van der Waals surface area contributed by atoms with E-state index < -0.39 is 20.0 Å². The van der Waals surface area contributed by atoms with Gasteiger partial charge in [0, 0.05) is 6.61 Å². The lowest BCUT2D eigenvalue weighted by Crippen LogP contribution is -2.10. The molecule has 0 fully saturated rings. The largest absolute Gasteiger partial charge is 0.449 e. The molecule has 0 unspecified atom stereocenters. The van der Waals surface area contributed by atoms with Crippen LogP contribution in [0.4, 0.5) is 0 Å². The third-order valence-electron chi connectivity index (χ3n) is 0.716. The predicted octanol–water partition coefficient (Wildman–Crippen LogP) is -2.28. The van der Waals surface area contributed by atoms with Crippen LogP contribution in [0.3, 0.4) is 0 Å². The van der Waals surface area contributed by atoms with Crippen molar-refractivity contribution in [3.8, 4) is 0 Å². The van der Waals surface area contributed by atoms with Crippen LogP contribution in [-0.4, -0.2) is 37.1 Å². The van der Waals surface area contributed by atoms with E-state index in [1.165, 1.54) is 0 Å². The van der Waals surface area contributed by atoms with E-state index in [-0.39, 0.29) is 0 Å². The normalized spacial score (nSPS) is 13.0. The average Bonchev–Trinajstić information content (AvgIpc) is 1.89. The molecule has 56 valence electrons. The molecule has 0 atom stereocenters. The lowest BCUT2D eigenvalue weighted by molar-refractivity contribution is 0.285. The highest BCUT2D eigenvalue weighted by molar-refractivity contribution is 6.37. The zero-order chi connectivity index (χ0) is 6.95. The molecule has 0 rings (SSSR count). The lowest BCUT2D eigenvalue weighted by Gasteiger charge is -2.01. The Hall–Kier alpha value is 0.531. The van der Waals surface area contributed by atoms with Crippen LogP contribution in [0, 0.1) is 0 Å². The molecule has 0 aliphatic rings. The third-order valence-corrected chi connectivity index (χ3v) is 3.45. The van der Waals surface area contributed by atoms with Gasteiger partial charge in [0.05, 0.1) is 0 Å². The summed E-state index contributed by atoms with van der Waals surface area (Å²) in [4.78, 5) is 0. The Labute approximate surface area is 63.7 Å². The minimum Gasteiger partial charge on any atom is -0.449 e. The topological polar surface area (TPSA) is 27.7 Å². The second-order valence-electron chi connectivity index (χ2n) is 1.64. The van der Waals surface area contributed by atoms with Crippen LogP contribution in [0.1, 0.15) is 13.3 Å². The first-order chi connectivity index (χ1) is 4.41. The highest BCUT2D eigenvalue weighted by Crippen LogP contribution is 1.77. The number of rotatable bonds is 6. The first-order valence-corrected chi connectivity index (χ1v) is 6.18. The van der Waals surface area contributed by atoms with Crippen LogP contribution in [0.5, 0.6) is 0 Å². The maximum absolute atomic E-state index is 5.17. The van der Waals surface area contributed by atoms with Crippen molar-refractivity contribution in [1.29, 1.82) is 0 Å². The highest BCUT2D eigenvalue weighted by Gasteiger charge is 1.85. The van der Waals surface area contributed by atoms with Gasteiger partial charge < -0.3 is 12.7 Å². The van der Waals surface area contributed by atoms with Crippen molar-refractivity contribution < 1.29 is 12.7 Å². The Morgan fingerprint density at radius 1 is 1.44 bits per heavy atom. The Morgan fingerprint density at radius 2 is 2.22 bits per heavy atom. The monoisotopic (exact) mass is 182 g/mol. The van der Waals surface area contributed by atoms with Gasteiger partial charge in [0.1, 0.15) is 10.5 Å². The van der Waals surface area contributed by atoms with E-state index >= 15 is 0 Å². The molecule has 0 heterocycles. The molecule has 0 aromatic heterocycles. The fourth-order valence-electron chi connectivity index (χ4n) is 0.380. The van der Waals surface area contributed by atoms with Gasteiger partial charge in [-0.3, -0.25) is 0 Å². The molecule has 9 heavy (non-hydrogen) atoms. The molecule has 0 amide bonds. The zero-order valence-corrected chi connectivity index (χ0v) is 10.9. The summed E-state index contributed by atoms with van der Waals surface area (Å²) in [6.07, 6.45) is 1.08. The summed E-state index contributed by atoms with van der Waals surface area (Å²) in [5.74, 6) is 0. The molecule has 6 heteroatoms. The quantitative estimate of drug-likeness (QED) is 0.342. The van der Waals surface area contributed by atoms with Crippen LogP contribution < -0.4 is 0 Å². The van der Waals surface area contributed by atoms with E-state index in [9.17, 15) is 0 Å². The predicted molar refractivity (Wildman–Crippen MR) is 45.4 cm³/mol. The molecule has 0 radical (unpaired) electrons. The molecule has 0 N–H and O–H groups in total. The maximum Gasteiger partial charge on any atom is 0.295 e. The van der Waals surface area contributed by atoms with Crippen molar-refractivity contribution in [1.82, 2.24) is 0 Å². The second-order valence-corrected chi connectivity index (χ2v) is 6.46. The molecule has 0 saturated heterocycles. The highest BCUT2D eigenvalue weighted by atomic mass is 28.4. The van der Waals surface area contributed by atoms with Crippen LogP contribution >= 0.6 is 0 Å². The Bertz CT molecular complexity index is 47.6. The molecule has 0 aliphatic carbocycles. The van der Waals surface area contributed by atoms with Crippen molar-refractivity contribution >= 4 is 30.5 Å². The SMILES string of the molecule is CCCO[SiH2]O[SiH2]O[SiH3]. The summed E-state index contributed by atoms with van der Waals surface area (Å²) in [5, 5.41) is 0. The first kappa shape index (κ1) is 9.53. The van der Waals surface area contributed by atoms with Crippen LogP contribution in [-0.2, 0) is 12.7 Å². The standard InChI is InChI=1S/C3H14O3Si3/c1-2-3-4-8-6-9-5-7/h2-3,8-9H2,1,7H3. The third kappa shape index (κ3) is 8.53. The van der Waals surface area contributed by atoms with E-state index in [2.05, 4.69) is 6.92 Å². The molecule has 0 spiro atoms. The summed E-state index contributed by atoms with van der Waals surface area (Å²) in [5.41, 5.74) is 0. The van der Waals surface area contributed by atoms with Gasteiger partial charge in [-0.15, -0.1) is 0 Å². The number of hydrogen-bond acceptors (Lipinski definition) is 3. The smallest absolute Gasteiger partial charge is 0.295 e. The van der Waals surface area contributed by atoms with Gasteiger partial charge in [0.2, 0.25) is 0 Å². The van der Waals surface area contributed by atoms with Crippen molar-refractivity contribution in [2.45, 2.75) is 13.3 Å². The molecule has 0 saturated carbocycles. The van der Waals surface area contributed by atoms with Crippen LogP contribution in [0.15, 0.2) is 0 Å². The minimum atomic E-state index is -0.652. The Morgan fingerprint density at radius 3 is 2.78 bits per heavy atom. The van der Waals surface area contributed by atoms with Gasteiger partial charge in [-0.1, -0.05) is 6.92 Å². The molecular formula is C3H14O3Si3. The molecule has 0 bridgehead atoms. The van der Waals surface area contributed by atoms with E-state index in [1.807, 2.05) is 0 Å². The van der Waals surface area contributed by atoms with Gasteiger partial charge in [0.15, 0.2) is 0 Å². The summed E-state index contributed by atoms with van der Waals surface area (Å²) >= 11 is 0. The summed E-state index contributed by atoms with van der Waals surface area (Å²) in [6.45, 7) is 2.94. The molecule has 0 aliphatic heterocycles. The minimum absolute atomic E-state index is 0.608. The molecular weight excluding hydrogens is 168 g/mol. The summed E-state index contributed by atoms with van der Waals surface area (Å²) < 4.78 is 15.3. The fourth-order valence-corrected chi connectivity index (χ4v) is 3.70. The van der Waals surface area contributed by atoms with Gasteiger partial charge in [-0.25, -0.2) is 0 Å². The molecule has 0 aromatic carbocycles. The van der Waals surface area contributed by atoms with E-state index in [1.54, 1.807) is 0 Å². The van der Waals surface area contributed by atoms with E-state index in [0.29, 0.717) is 0 Å². The van der Waals surface area contributed by atoms with Crippen molar-refractivity contribution in [2.75, 3.05) is 6.61 Å². The van der Waals surface area contributed by atoms with Crippen molar-refractivity contribution in [2.24, 2.45) is 0 Å². The van der Waals surface area contributed by atoms with Gasteiger partial charge in [-0.05, 0) is 6.42 Å². The zero-order valence-electron chi connectivity index (χ0n) is 6.05. The fraction of sp³-hybridized carbons (Fsp3) is 1.00. The van der Waals surface area contributed by atoms with Crippen molar-refractivity contribution in [3.05, 3.63) is 0 Å².